The van der Waals surface area contributed by atoms with Crippen LogP contribution in [-0.4, -0.2) is 47.3 Å². The molecule has 0 saturated carbocycles. The van der Waals surface area contributed by atoms with Gasteiger partial charge in [-0.2, -0.15) is 5.10 Å². The number of nitrogens with zero attached hydrogens (tertiary/aromatic N) is 4. The van der Waals surface area contributed by atoms with Crippen molar-refractivity contribution >= 4 is 29.9 Å². The number of likely N-dealkylation sites (N-methyl/N-ethyl adjacent to an activating group) is 1. The van der Waals surface area contributed by atoms with Crippen molar-refractivity contribution in [1.29, 1.82) is 0 Å². The molecule has 0 bridgehead atoms. The van der Waals surface area contributed by atoms with Crippen LogP contribution in [-0.2, 0) is 20.1 Å². The molecule has 0 aliphatic carbocycles. The molecule has 2 N–H and O–H groups in total. The Morgan fingerprint density at radius 1 is 1.20 bits per heavy atom. The predicted octanol–water partition coefficient (Wildman–Crippen LogP) is 2.23. The first kappa shape index (κ1) is 21.4. The average molecular weight is 456 g/mol. The number of hydrogen-bond acceptors (Lipinski definition) is 3. The van der Waals surface area contributed by atoms with Gasteiger partial charge >= 0.3 is 0 Å². The van der Waals surface area contributed by atoms with E-state index < -0.39 is 0 Å². The molecule has 1 aromatic carbocycles. The van der Waals surface area contributed by atoms with Gasteiger partial charge in [0.15, 0.2) is 5.96 Å². The van der Waals surface area contributed by atoms with E-state index in [1.807, 2.05) is 23.9 Å². The molecule has 0 radical (unpaired) electrons. The minimum atomic E-state index is 0. The van der Waals surface area contributed by atoms with Gasteiger partial charge in [-0.15, -0.1) is 24.0 Å². The maximum absolute atomic E-state index is 4.61. The van der Waals surface area contributed by atoms with Crippen molar-refractivity contribution in [1.82, 2.24) is 25.3 Å². The fourth-order valence-electron chi connectivity index (χ4n) is 2.40. The van der Waals surface area contributed by atoms with Gasteiger partial charge in [0, 0.05) is 39.4 Å². The standard InChI is InChI=1S/C18H28N6.HI/c1-4-19-18(21-14-17-10-11-22-24(17)3)20-12-13-23(2)15-16-8-6-5-7-9-16;/h5-11H,4,12-15H2,1-3H3,(H2,19,20,21);1H. The Hall–Kier alpha value is -1.61. The van der Waals surface area contributed by atoms with E-state index in [-0.39, 0.29) is 24.0 Å². The summed E-state index contributed by atoms with van der Waals surface area (Å²) in [5, 5.41) is 10.8. The lowest BCUT2D eigenvalue weighted by Crippen LogP contribution is -2.40. The number of nitrogens with one attached hydrogen (secondary N) is 2. The molecule has 138 valence electrons. The second-order valence-electron chi connectivity index (χ2n) is 5.79. The van der Waals surface area contributed by atoms with Crippen LogP contribution in [0.3, 0.4) is 0 Å². The predicted molar refractivity (Wildman–Crippen MR) is 114 cm³/mol. The van der Waals surface area contributed by atoms with E-state index in [4.69, 9.17) is 0 Å². The summed E-state index contributed by atoms with van der Waals surface area (Å²) in [4.78, 5) is 6.91. The third-order valence-electron chi connectivity index (χ3n) is 3.75. The maximum atomic E-state index is 4.61. The summed E-state index contributed by atoms with van der Waals surface area (Å²) in [6, 6.07) is 12.5. The number of aryl methyl sites for hydroxylation is 1. The van der Waals surface area contributed by atoms with E-state index >= 15 is 0 Å². The number of hydrogen-bond donors (Lipinski definition) is 2. The Labute approximate surface area is 167 Å². The molecular weight excluding hydrogens is 427 g/mol. The van der Waals surface area contributed by atoms with Gasteiger partial charge in [-0.25, -0.2) is 4.99 Å². The zero-order valence-electron chi connectivity index (χ0n) is 15.3. The highest BCUT2D eigenvalue weighted by molar-refractivity contribution is 14.0. The van der Waals surface area contributed by atoms with E-state index in [1.165, 1.54) is 5.56 Å². The molecule has 2 aromatic rings. The van der Waals surface area contributed by atoms with Crippen LogP contribution in [0.1, 0.15) is 18.2 Å². The highest BCUT2D eigenvalue weighted by Crippen LogP contribution is 2.01. The molecule has 2 rings (SSSR count). The summed E-state index contributed by atoms with van der Waals surface area (Å²) in [6.45, 7) is 6.28. The zero-order chi connectivity index (χ0) is 17.2. The van der Waals surface area contributed by atoms with Crippen LogP contribution < -0.4 is 10.6 Å². The molecule has 0 aliphatic heterocycles. The Morgan fingerprint density at radius 3 is 2.60 bits per heavy atom. The molecule has 0 spiro atoms. The number of aliphatic imine (C=N–C) groups is 1. The van der Waals surface area contributed by atoms with Crippen LogP contribution in [0, 0.1) is 0 Å². The van der Waals surface area contributed by atoms with Crippen LogP contribution in [0.5, 0.6) is 0 Å². The van der Waals surface area contributed by atoms with Crippen molar-refractivity contribution in [2.75, 3.05) is 26.7 Å². The molecule has 7 heteroatoms. The molecule has 0 amide bonds. The lowest BCUT2D eigenvalue weighted by molar-refractivity contribution is 0.331. The Morgan fingerprint density at radius 2 is 1.96 bits per heavy atom. The fourth-order valence-corrected chi connectivity index (χ4v) is 2.40. The number of halogens is 1. The highest BCUT2D eigenvalue weighted by Gasteiger charge is 2.02. The van der Waals surface area contributed by atoms with E-state index in [0.717, 1.165) is 37.8 Å². The fraction of sp³-hybridized carbons (Fsp3) is 0.444. The Balaban J connectivity index is 0.00000312. The third kappa shape index (κ3) is 7.87. The minimum Gasteiger partial charge on any atom is -0.357 e. The molecule has 25 heavy (non-hydrogen) atoms. The van der Waals surface area contributed by atoms with Gasteiger partial charge in [0.25, 0.3) is 0 Å². The van der Waals surface area contributed by atoms with Crippen LogP contribution in [0.2, 0.25) is 0 Å². The molecule has 0 atom stereocenters. The molecule has 0 saturated heterocycles. The van der Waals surface area contributed by atoms with Crippen LogP contribution in [0.25, 0.3) is 0 Å². The topological polar surface area (TPSA) is 57.5 Å². The molecule has 0 unspecified atom stereocenters. The van der Waals surface area contributed by atoms with Crippen LogP contribution >= 0.6 is 24.0 Å². The van der Waals surface area contributed by atoms with Gasteiger partial charge in [0.2, 0.25) is 0 Å². The first-order valence-corrected chi connectivity index (χ1v) is 8.40. The molecule has 0 fully saturated rings. The monoisotopic (exact) mass is 456 g/mol. The average Bonchev–Trinajstić information content (AvgIpc) is 2.98. The quantitative estimate of drug-likeness (QED) is 0.364. The second-order valence-corrected chi connectivity index (χ2v) is 5.79. The second kappa shape index (κ2) is 11.9. The van der Waals surface area contributed by atoms with Gasteiger partial charge < -0.3 is 15.5 Å². The van der Waals surface area contributed by atoms with E-state index in [1.54, 1.807) is 6.20 Å². The summed E-state index contributed by atoms with van der Waals surface area (Å²) < 4.78 is 1.85. The van der Waals surface area contributed by atoms with E-state index in [9.17, 15) is 0 Å². The number of aromatic nitrogens is 2. The summed E-state index contributed by atoms with van der Waals surface area (Å²) in [5.41, 5.74) is 2.42. The summed E-state index contributed by atoms with van der Waals surface area (Å²) in [7, 11) is 4.07. The summed E-state index contributed by atoms with van der Waals surface area (Å²) >= 11 is 0. The molecule has 0 aliphatic rings. The van der Waals surface area contributed by atoms with Crippen molar-refractivity contribution < 1.29 is 0 Å². The minimum absolute atomic E-state index is 0. The van der Waals surface area contributed by atoms with Gasteiger partial charge in [0.1, 0.15) is 0 Å². The van der Waals surface area contributed by atoms with Gasteiger partial charge in [0.05, 0.1) is 12.2 Å². The van der Waals surface area contributed by atoms with Gasteiger partial charge in [-0.1, -0.05) is 30.3 Å². The molecule has 1 aromatic heterocycles. The normalized spacial score (nSPS) is 11.3. The largest absolute Gasteiger partial charge is 0.357 e. The van der Waals surface area contributed by atoms with Crippen LogP contribution in [0.4, 0.5) is 0 Å². The molecule has 6 nitrogen and oxygen atoms in total. The van der Waals surface area contributed by atoms with Crippen molar-refractivity contribution in [3.05, 3.63) is 53.9 Å². The number of benzene rings is 1. The van der Waals surface area contributed by atoms with Gasteiger partial charge in [-0.05, 0) is 25.6 Å². The molecular formula is C18H29IN6. The molecule has 1 heterocycles. The zero-order valence-corrected chi connectivity index (χ0v) is 17.6. The Kier molecular flexibility index (Phi) is 10.2. The number of rotatable bonds is 8. The SMILES string of the molecule is CCNC(=NCc1ccnn1C)NCCN(C)Cc1ccccc1.I. The maximum Gasteiger partial charge on any atom is 0.191 e. The summed E-state index contributed by atoms with van der Waals surface area (Å²) in [6.07, 6.45) is 1.80. The first-order chi connectivity index (χ1) is 11.7. The van der Waals surface area contributed by atoms with Crippen molar-refractivity contribution in [3.8, 4) is 0 Å². The third-order valence-corrected chi connectivity index (χ3v) is 3.75. The first-order valence-electron chi connectivity index (χ1n) is 8.40. The van der Waals surface area contributed by atoms with E-state index in [2.05, 4.69) is 63.9 Å². The number of guanidine groups is 1. The summed E-state index contributed by atoms with van der Waals surface area (Å²) in [5.74, 6) is 0.840. The lowest BCUT2D eigenvalue weighted by atomic mass is 10.2. The van der Waals surface area contributed by atoms with Crippen LogP contribution in [0.15, 0.2) is 47.6 Å². The van der Waals surface area contributed by atoms with Crippen molar-refractivity contribution in [2.24, 2.45) is 12.0 Å². The van der Waals surface area contributed by atoms with Gasteiger partial charge in [-0.3, -0.25) is 4.68 Å². The smallest absolute Gasteiger partial charge is 0.191 e. The highest BCUT2D eigenvalue weighted by atomic mass is 127. The lowest BCUT2D eigenvalue weighted by Gasteiger charge is -2.18. The van der Waals surface area contributed by atoms with E-state index in [0.29, 0.717) is 6.54 Å². The Bertz CT molecular complexity index is 626. The van der Waals surface area contributed by atoms with Crippen molar-refractivity contribution in [3.63, 3.8) is 0 Å². The van der Waals surface area contributed by atoms with Crippen molar-refractivity contribution in [2.45, 2.75) is 20.0 Å².